The smallest absolute Gasteiger partial charge is 0.243 e. The number of thioether (sulfide) groups is 1. The van der Waals surface area contributed by atoms with Crippen molar-refractivity contribution in [1.29, 1.82) is 0 Å². The quantitative estimate of drug-likeness (QED) is 0.552. The summed E-state index contributed by atoms with van der Waals surface area (Å²) >= 11 is 4.97. The molecule has 0 bridgehead atoms. The summed E-state index contributed by atoms with van der Waals surface area (Å²) in [6, 6.07) is 21.5. The topological polar surface area (TPSA) is 42.0 Å². The predicted octanol–water partition coefficient (Wildman–Crippen LogP) is 5.62. The summed E-state index contributed by atoms with van der Waals surface area (Å²) < 4.78 is 0.987. The van der Waals surface area contributed by atoms with Gasteiger partial charge in [0.2, 0.25) is 5.91 Å². The Hall–Kier alpha value is -2.11. The molecule has 3 nitrogen and oxygen atoms in total. The number of hydrogen-bond donors (Lipinski definition) is 1. The van der Waals surface area contributed by atoms with Gasteiger partial charge in [-0.2, -0.15) is 0 Å². The molecule has 1 atom stereocenters. The molecule has 1 N–H and O–H groups in total. The molecular weight excluding hydrogens is 396 g/mol. The molecule has 0 saturated heterocycles. The Morgan fingerprint density at radius 3 is 2.40 bits per heavy atom. The van der Waals surface area contributed by atoms with Gasteiger partial charge in [0, 0.05) is 15.6 Å². The summed E-state index contributed by atoms with van der Waals surface area (Å²) in [5.74, 6) is 0.464. The molecule has 1 amide bonds. The Balaban J connectivity index is 1.86. The summed E-state index contributed by atoms with van der Waals surface area (Å²) in [6.45, 7) is 2.05. The van der Waals surface area contributed by atoms with E-state index in [1.807, 2.05) is 48.5 Å². The molecule has 1 aromatic heterocycles. The fraction of sp³-hybridized carbons (Fsp3) is 0.100. The Morgan fingerprint density at radius 2 is 1.76 bits per heavy atom. The first-order valence-corrected chi connectivity index (χ1v) is 9.50. The van der Waals surface area contributed by atoms with Crippen molar-refractivity contribution in [3.8, 4) is 0 Å². The first-order valence-electron chi connectivity index (χ1n) is 7.82. The number of rotatable bonds is 5. The highest BCUT2D eigenvalue weighted by Gasteiger charge is 2.22. The lowest BCUT2D eigenvalue weighted by Gasteiger charge is -2.17. The number of pyridine rings is 1. The van der Waals surface area contributed by atoms with Crippen LogP contribution in [0.3, 0.4) is 0 Å². The highest BCUT2D eigenvalue weighted by atomic mass is 79.9. The van der Waals surface area contributed by atoms with Crippen LogP contribution >= 0.6 is 27.7 Å². The molecule has 126 valence electrons. The van der Waals surface area contributed by atoms with Gasteiger partial charge in [0.15, 0.2) is 0 Å². The van der Waals surface area contributed by atoms with Gasteiger partial charge in [0.05, 0.1) is 0 Å². The summed E-state index contributed by atoms with van der Waals surface area (Å²) in [5.41, 5.74) is 2.14. The molecule has 0 unspecified atom stereocenters. The first-order chi connectivity index (χ1) is 12.1. The summed E-state index contributed by atoms with van der Waals surface area (Å²) in [4.78, 5) is 18.1. The third-order valence-electron chi connectivity index (χ3n) is 3.60. The zero-order valence-corrected chi connectivity index (χ0v) is 16.0. The molecule has 0 radical (unpaired) electrons. The van der Waals surface area contributed by atoms with E-state index >= 15 is 0 Å². The predicted molar refractivity (Wildman–Crippen MR) is 107 cm³/mol. The van der Waals surface area contributed by atoms with Crippen molar-refractivity contribution in [1.82, 2.24) is 4.98 Å². The second kappa shape index (κ2) is 8.32. The third kappa shape index (κ3) is 4.94. The highest BCUT2D eigenvalue weighted by Crippen LogP contribution is 2.36. The first kappa shape index (κ1) is 17.7. The minimum Gasteiger partial charge on any atom is -0.309 e. The van der Waals surface area contributed by atoms with E-state index < -0.39 is 0 Å². The van der Waals surface area contributed by atoms with Gasteiger partial charge in [-0.1, -0.05) is 51.8 Å². The summed E-state index contributed by atoms with van der Waals surface area (Å²) in [5, 5.41) is 2.54. The monoisotopic (exact) mass is 412 g/mol. The summed E-state index contributed by atoms with van der Waals surface area (Å²) in [6.07, 6.45) is 1.66. The van der Waals surface area contributed by atoms with Crippen LogP contribution in [0.5, 0.6) is 0 Å². The van der Waals surface area contributed by atoms with Crippen LogP contribution in [0.1, 0.15) is 16.4 Å². The molecule has 0 aliphatic rings. The number of anilines is 1. The second-order valence-corrected chi connectivity index (χ2v) is 7.66. The van der Waals surface area contributed by atoms with Gasteiger partial charge in [-0.05, 0) is 48.9 Å². The van der Waals surface area contributed by atoms with Crippen molar-refractivity contribution in [3.05, 3.63) is 88.5 Å². The van der Waals surface area contributed by atoms with E-state index in [2.05, 4.69) is 45.3 Å². The number of nitrogens with zero attached hydrogens (tertiary/aromatic N) is 1. The lowest BCUT2D eigenvalue weighted by Crippen LogP contribution is -2.19. The van der Waals surface area contributed by atoms with E-state index in [4.69, 9.17) is 0 Å². The van der Waals surface area contributed by atoms with E-state index in [9.17, 15) is 4.79 Å². The largest absolute Gasteiger partial charge is 0.309 e. The van der Waals surface area contributed by atoms with E-state index in [-0.39, 0.29) is 11.2 Å². The fourth-order valence-corrected chi connectivity index (χ4v) is 3.58. The molecule has 5 heteroatoms. The Morgan fingerprint density at radius 1 is 1.04 bits per heavy atom. The standard InChI is InChI=1S/C20H17BrN2OS/c1-14-5-11-17(12-6-14)25-19(15-7-9-16(21)10-8-15)20(24)23-18-4-2-3-13-22-18/h2-13,19H,1H3,(H,22,23,24)/t19-/m1/s1. The number of nitrogens with one attached hydrogen (secondary N) is 1. The number of aryl methyl sites for hydroxylation is 1. The third-order valence-corrected chi connectivity index (χ3v) is 5.40. The van der Waals surface area contributed by atoms with Gasteiger partial charge in [-0.15, -0.1) is 11.8 Å². The zero-order chi connectivity index (χ0) is 17.6. The number of carbonyl (C=O) groups excluding carboxylic acids is 1. The van der Waals surface area contributed by atoms with Crippen LogP contribution in [-0.4, -0.2) is 10.9 Å². The van der Waals surface area contributed by atoms with Gasteiger partial charge in [0.25, 0.3) is 0 Å². The van der Waals surface area contributed by atoms with E-state index in [0.717, 1.165) is 14.9 Å². The van der Waals surface area contributed by atoms with Gasteiger partial charge < -0.3 is 5.32 Å². The Bertz CT molecular complexity index is 836. The van der Waals surface area contributed by atoms with Crippen LogP contribution < -0.4 is 5.32 Å². The zero-order valence-electron chi connectivity index (χ0n) is 13.6. The number of halogens is 1. The molecule has 0 fully saturated rings. The van der Waals surface area contributed by atoms with Gasteiger partial charge in [-0.3, -0.25) is 4.79 Å². The maximum atomic E-state index is 12.9. The number of amides is 1. The average Bonchev–Trinajstić information content (AvgIpc) is 2.63. The van der Waals surface area contributed by atoms with Crippen molar-refractivity contribution in [2.45, 2.75) is 17.1 Å². The van der Waals surface area contributed by atoms with Crippen LogP contribution in [0, 0.1) is 6.92 Å². The molecular formula is C20H17BrN2OS. The van der Waals surface area contributed by atoms with Crippen LogP contribution in [0.2, 0.25) is 0 Å². The molecule has 0 saturated carbocycles. The minimum atomic E-state index is -0.363. The van der Waals surface area contributed by atoms with Crippen molar-refractivity contribution >= 4 is 39.4 Å². The lowest BCUT2D eigenvalue weighted by molar-refractivity contribution is -0.115. The Kier molecular flexibility index (Phi) is 5.89. The minimum absolute atomic E-state index is 0.0911. The molecule has 1 heterocycles. The SMILES string of the molecule is Cc1ccc(S[C@@H](C(=O)Nc2ccccn2)c2ccc(Br)cc2)cc1. The maximum absolute atomic E-state index is 12.9. The van der Waals surface area contributed by atoms with Crippen LogP contribution in [0.15, 0.2) is 82.3 Å². The van der Waals surface area contributed by atoms with Crippen molar-refractivity contribution in [2.24, 2.45) is 0 Å². The van der Waals surface area contributed by atoms with Crippen LogP contribution in [-0.2, 0) is 4.79 Å². The number of benzene rings is 2. The van der Waals surface area contributed by atoms with Gasteiger partial charge >= 0.3 is 0 Å². The normalized spacial score (nSPS) is 11.8. The van der Waals surface area contributed by atoms with E-state index in [1.165, 1.54) is 17.3 Å². The number of hydrogen-bond acceptors (Lipinski definition) is 3. The van der Waals surface area contributed by atoms with E-state index in [0.29, 0.717) is 5.82 Å². The number of aromatic nitrogens is 1. The van der Waals surface area contributed by atoms with Gasteiger partial charge in [0.1, 0.15) is 11.1 Å². The molecule has 25 heavy (non-hydrogen) atoms. The lowest BCUT2D eigenvalue weighted by atomic mass is 10.1. The molecule has 2 aromatic carbocycles. The van der Waals surface area contributed by atoms with Crippen LogP contribution in [0.25, 0.3) is 0 Å². The number of carbonyl (C=O) groups is 1. The van der Waals surface area contributed by atoms with Crippen molar-refractivity contribution in [2.75, 3.05) is 5.32 Å². The van der Waals surface area contributed by atoms with Crippen molar-refractivity contribution < 1.29 is 4.79 Å². The molecule has 3 rings (SSSR count). The molecule has 0 aliphatic heterocycles. The van der Waals surface area contributed by atoms with Crippen molar-refractivity contribution in [3.63, 3.8) is 0 Å². The average molecular weight is 413 g/mol. The second-order valence-electron chi connectivity index (χ2n) is 5.57. The molecule has 0 spiro atoms. The van der Waals surface area contributed by atoms with Crippen LogP contribution in [0.4, 0.5) is 5.82 Å². The molecule has 3 aromatic rings. The summed E-state index contributed by atoms with van der Waals surface area (Å²) in [7, 11) is 0. The van der Waals surface area contributed by atoms with E-state index in [1.54, 1.807) is 12.3 Å². The fourth-order valence-electron chi connectivity index (χ4n) is 2.29. The van der Waals surface area contributed by atoms with Gasteiger partial charge in [-0.25, -0.2) is 4.98 Å². The maximum Gasteiger partial charge on any atom is 0.243 e. The highest BCUT2D eigenvalue weighted by molar-refractivity contribution is 9.10. The Labute approximate surface area is 160 Å². The molecule has 0 aliphatic carbocycles.